The van der Waals surface area contributed by atoms with Gasteiger partial charge in [0.05, 0.1) is 24.4 Å². The van der Waals surface area contributed by atoms with Gasteiger partial charge in [0.2, 0.25) is 0 Å². The Morgan fingerprint density at radius 3 is 3.05 bits per heavy atom. The average Bonchev–Trinajstić information content (AvgIpc) is 2.55. The lowest BCUT2D eigenvalue weighted by molar-refractivity contribution is -0.0754. The van der Waals surface area contributed by atoms with Crippen LogP contribution in [0.3, 0.4) is 0 Å². The van der Waals surface area contributed by atoms with Crippen LogP contribution < -0.4 is 5.32 Å². The van der Waals surface area contributed by atoms with Crippen LogP contribution in [0.2, 0.25) is 0 Å². The summed E-state index contributed by atoms with van der Waals surface area (Å²) >= 11 is 0. The first-order chi connectivity index (χ1) is 10.8. The molecule has 3 rings (SSSR count). The predicted octanol–water partition coefficient (Wildman–Crippen LogP) is 1.32. The van der Waals surface area contributed by atoms with Gasteiger partial charge in [-0.2, -0.15) is 5.10 Å². The topological polar surface area (TPSA) is 59.5 Å². The Morgan fingerprint density at radius 2 is 2.27 bits per heavy atom. The van der Waals surface area contributed by atoms with Crippen molar-refractivity contribution in [2.24, 2.45) is 5.92 Å². The van der Waals surface area contributed by atoms with Crippen LogP contribution in [0, 0.1) is 12.8 Å². The maximum Gasteiger partial charge on any atom is 0.149 e. The molecule has 0 amide bonds. The van der Waals surface area contributed by atoms with Crippen molar-refractivity contribution in [1.29, 1.82) is 0 Å². The van der Waals surface area contributed by atoms with Crippen LogP contribution in [0.15, 0.2) is 12.1 Å². The molecule has 2 aliphatic heterocycles. The molecule has 0 spiro atoms. The van der Waals surface area contributed by atoms with Crippen LogP contribution in [0.4, 0.5) is 5.82 Å². The van der Waals surface area contributed by atoms with Crippen molar-refractivity contribution < 1.29 is 9.47 Å². The molecule has 2 saturated heterocycles. The maximum absolute atomic E-state index is 6.07. The lowest BCUT2D eigenvalue weighted by Gasteiger charge is -2.46. The van der Waals surface area contributed by atoms with E-state index in [1.807, 2.05) is 19.1 Å². The van der Waals surface area contributed by atoms with Crippen molar-refractivity contribution >= 4 is 5.82 Å². The number of piperidine rings is 1. The summed E-state index contributed by atoms with van der Waals surface area (Å²) in [5.74, 6) is 1.42. The van der Waals surface area contributed by atoms with Gasteiger partial charge >= 0.3 is 0 Å². The van der Waals surface area contributed by atoms with E-state index in [4.69, 9.17) is 9.47 Å². The number of fused-ring (bicyclic) bond motifs is 1. The largest absolute Gasteiger partial charge is 0.383 e. The Bertz CT molecular complexity index is 468. The highest BCUT2D eigenvalue weighted by molar-refractivity contribution is 5.35. The molecule has 0 radical (unpaired) electrons. The Balaban J connectivity index is 1.68. The summed E-state index contributed by atoms with van der Waals surface area (Å²) in [4.78, 5) is 2.47. The van der Waals surface area contributed by atoms with Gasteiger partial charge in [-0.1, -0.05) is 0 Å². The highest BCUT2D eigenvalue weighted by Crippen LogP contribution is 2.29. The third-order valence-corrected chi connectivity index (χ3v) is 4.58. The van der Waals surface area contributed by atoms with Crippen molar-refractivity contribution in [2.45, 2.75) is 31.9 Å². The Kier molecular flexibility index (Phi) is 5.23. The summed E-state index contributed by atoms with van der Waals surface area (Å²) in [6, 6.07) is 4.24. The fourth-order valence-corrected chi connectivity index (χ4v) is 3.49. The van der Waals surface area contributed by atoms with Crippen LogP contribution in [-0.4, -0.2) is 67.2 Å². The van der Waals surface area contributed by atoms with E-state index < -0.39 is 0 Å². The van der Waals surface area contributed by atoms with E-state index in [0.29, 0.717) is 5.92 Å². The number of likely N-dealkylation sites (tertiary alicyclic amines) is 1. The molecule has 1 N–H and O–H groups in total. The molecular formula is C16H26N4O2. The number of rotatable bonds is 5. The molecule has 0 bridgehead atoms. The van der Waals surface area contributed by atoms with Gasteiger partial charge in [-0.3, -0.25) is 4.90 Å². The van der Waals surface area contributed by atoms with Gasteiger partial charge in [0.25, 0.3) is 0 Å². The lowest BCUT2D eigenvalue weighted by Crippen LogP contribution is -2.58. The monoisotopic (exact) mass is 306 g/mol. The first kappa shape index (κ1) is 15.6. The zero-order chi connectivity index (χ0) is 15.4. The number of nitrogens with one attached hydrogen (secondary N) is 1. The second-order valence-electron chi connectivity index (χ2n) is 6.30. The second-order valence-corrected chi connectivity index (χ2v) is 6.30. The van der Waals surface area contributed by atoms with E-state index >= 15 is 0 Å². The normalized spacial score (nSPS) is 29.1. The lowest BCUT2D eigenvalue weighted by atomic mass is 9.85. The minimum atomic E-state index is 0.257. The molecule has 3 heterocycles. The molecule has 6 nitrogen and oxygen atoms in total. The highest BCUT2D eigenvalue weighted by atomic mass is 16.5. The highest BCUT2D eigenvalue weighted by Gasteiger charge is 2.39. The Hall–Kier alpha value is -1.24. The van der Waals surface area contributed by atoms with Gasteiger partial charge in [0.1, 0.15) is 5.82 Å². The molecular weight excluding hydrogens is 280 g/mol. The van der Waals surface area contributed by atoms with E-state index in [0.717, 1.165) is 50.8 Å². The Morgan fingerprint density at radius 1 is 1.36 bits per heavy atom. The number of aromatic nitrogens is 2. The van der Waals surface area contributed by atoms with Crippen molar-refractivity contribution in [3.8, 4) is 0 Å². The van der Waals surface area contributed by atoms with Crippen molar-refractivity contribution in [1.82, 2.24) is 15.1 Å². The quantitative estimate of drug-likeness (QED) is 0.885. The van der Waals surface area contributed by atoms with Gasteiger partial charge in [-0.05, 0) is 37.8 Å². The molecule has 22 heavy (non-hydrogen) atoms. The number of aryl methyl sites for hydroxylation is 1. The minimum absolute atomic E-state index is 0.257. The molecule has 6 heteroatoms. The summed E-state index contributed by atoms with van der Waals surface area (Å²) < 4.78 is 11.3. The average molecular weight is 306 g/mol. The van der Waals surface area contributed by atoms with Gasteiger partial charge in [0, 0.05) is 33.4 Å². The standard InChI is InChI=1S/C16H26N4O2/c1-12-5-6-15(19-18-12)17-14-11-20(7-9-21-2)10-13-4-3-8-22-16(13)14/h5-6,13-14,16H,3-4,7-11H2,1-2H3,(H,17,19)/t13-,14+,16-/m0/s1. The fraction of sp³-hybridized carbons (Fsp3) is 0.750. The van der Waals surface area contributed by atoms with E-state index in [2.05, 4.69) is 20.4 Å². The van der Waals surface area contributed by atoms with E-state index in [1.54, 1.807) is 7.11 Å². The van der Waals surface area contributed by atoms with Gasteiger partial charge in [-0.15, -0.1) is 5.10 Å². The fourth-order valence-electron chi connectivity index (χ4n) is 3.49. The smallest absolute Gasteiger partial charge is 0.149 e. The number of nitrogens with zero attached hydrogens (tertiary/aromatic N) is 3. The van der Waals surface area contributed by atoms with Crippen LogP contribution in [0.5, 0.6) is 0 Å². The summed E-state index contributed by atoms with van der Waals surface area (Å²) in [5, 5.41) is 11.9. The SMILES string of the molecule is COCCN1C[C@@H]2CCCO[C@@H]2[C@H](Nc2ccc(C)nn2)C1. The zero-order valence-electron chi connectivity index (χ0n) is 13.5. The zero-order valence-corrected chi connectivity index (χ0v) is 13.5. The molecule has 2 fully saturated rings. The van der Waals surface area contributed by atoms with Gasteiger partial charge in [-0.25, -0.2) is 0 Å². The third-order valence-electron chi connectivity index (χ3n) is 4.58. The van der Waals surface area contributed by atoms with Crippen LogP contribution in [-0.2, 0) is 9.47 Å². The van der Waals surface area contributed by atoms with Crippen LogP contribution in [0.1, 0.15) is 18.5 Å². The molecule has 0 unspecified atom stereocenters. The first-order valence-corrected chi connectivity index (χ1v) is 8.16. The minimum Gasteiger partial charge on any atom is -0.383 e. The van der Waals surface area contributed by atoms with E-state index in [1.165, 1.54) is 6.42 Å². The number of methoxy groups -OCH3 is 1. The number of anilines is 1. The van der Waals surface area contributed by atoms with Crippen molar-refractivity contribution in [2.75, 3.05) is 45.3 Å². The first-order valence-electron chi connectivity index (χ1n) is 8.16. The number of hydrogen-bond acceptors (Lipinski definition) is 6. The molecule has 0 saturated carbocycles. The molecule has 1 aromatic rings. The molecule has 3 atom stereocenters. The number of ether oxygens (including phenoxy) is 2. The van der Waals surface area contributed by atoms with Gasteiger partial charge < -0.3 is 14.8 Å². The summed E-state index contributed by atoms with van der Waals surface area (Å²) in [5.41, 5.74) is 0.933. The maximum atomic E-state index is 6.07. The molecule has 0 aromatic carbocycles. The van der Waals surface area contributed by atoms with E-state index in [-0.39, 0.29) is 12.1 Å². The molecule has 122 valence electrons. The molecule has 2 aliphatic rings. The van der Waals surface area contributed by atoms with Crippen molar-refractivity contribution in [3.63, 3.8) is 0 Å². The van der Waals surface area contributed by atoms with Gasteiger partial charge in [0.15, 0.2) is 0 Å². The predicted molar refractivity (Wildman–Crippen MR) is 85.0 cm³/mol. The second kappa shape index (κ2) is 7.35. The van der Waals surface area contributed by atoms with Crippen LogP contribution in [0.25, 0.3) is 0 Å². The summed E-state index contributed by atoms with van der Waals surface area (Å²) in [7, 11) is 1.76. The summed E-state index contributed by atoms with van der Waals surface area (Å²) in [6.07, 6.45) is 2.68. The van der Waals surface area contributed by atoms with Crippen molar-refractivity contribution in [3.05, 3.63) is 17.8 Å². The molecule has 0 aliphatic carbocycles. The number of hydrogen-bond donors (Lipinski definition) is 1. The third kappa shape index (κ3) is 3.74. The Labute approximate surface area is 132 Å². The molecule has 1 aromatic heterocycles. The van der Waals surface area contributed by atoms with E-state index in [9.17, 15) is 0 Å². The van der Waals surface area contributed by atoms with Crippen LogP contribution >= 0.6 is 0 Å². The summed E-state index contributed by atoms with van der Waals surface area (Å²) in [6.45, 7) is 6.62.